The normalized spacial score (nSPS) is 17.7. The Labute approximate surface area is 305 Å². The first-order chi connectivity index (χ1) is 25.4. The second-order valence-electron chi connectivity index (χ2n) is 14.5. The number of benzene rings is 2. The van der Waals surface area contributed by atoms with Gasteiger partial charge < -0.3 is 25.4 Å². The summed E-state index contributed by atoms with van der Waals surface area (Å²) < 4.78 is 5.70. The molecule has 3 aliphatic rings. The molecule has 0 aliphatic carbocycles. The summed E-state index contributed by atoms with van der Waals surface area (Å²) in [4.78, 5) is 40.7. The highest BCUT2D eigenvalue weighted by Gasteiger charge is 2.30. The van der Waals surface area contributed by atoms with Crippen LogP contribution >= 0.6 is 0 Å². The highest BCUT2D eigenvalue weighted by Crippen LogP contribution is 2.35. The SMILES string of the molecule is CC/C=C(\N)c1ncc(N2CCCCC2)nc1Nc1ccc(N2CCC(CN3Cc4cc5onc(C(CCC)C(=O)NC=O)c5cc4C3)CC2)cc1. The van der Waals surface area contributed by atoms with Gasteiger partial charge in [-0.1, -0.05) is 31.5 Å². The second-order valence-corrected chi connectivity index (χ2v) is 14.5. The van der Waals surface area contributed by atoms with Crippen LogP contribution in [0.1, 0.15) is 93.6 Å². The molecule has 4 N–H and O–H groups in total. The zero-order valence-electron chi connectivity index (χ0n) is 30.4. The summed E-state index contributed by atoms with van der Waals surface area (Å²) in [7, 11) is 0. The average Bonchev–Trinajstić information content (AvgIpc) is 3.76. The van der Waals surface area contributed by atoms with Gasteiger partial charge in [0.1, 0.15) is 17.2 Å². The van der Waals surface area contributed by atoms with Gasteiger partial charge in [0.2, 0.25) is 12.3 Å². The van der Waals surface area contributed by atoms with Gasteiger partial charge in [0.15, 0.2) is 11.4 Å². The zero-order chi connectivity index (χ0) is 36.0. The number of nitrogens with two attached hydrogens (primary N) is 1. The molecule has 1 atom stereocenters. The van der Waals surface area contributed by atoms with Gasteiger partial charge in [0.25, 0.3) is 0 Å². The van der Waals surface area contributed by atoms with Crippen molar-refractivity contribution in [3.8, 4) is 0 Å². The number of nitrogens with zero attached hydrogens (tertiary/aromatic N) is 6. The molecule has 274 valence electrons. The number of hydrogen-bond donors (Lipinski definition) is 3. The Morgan fingerprint density at radius 3 is 2.48 bits per heavy atom. The number of carbonyl (C=O) groups is 2. The molecule has 0 saturated carbocycles. The molecule has 12 nitrogen and oxygen atoms in total. The summed E-state index contributed by atoms with van der Waals surface area (Å²) in [5, 5.41) is 11.0. The molecule has 2 saturated heterocycles. The molecule has 12 heteroatoms. The van der Waals surface area contributed by atoms with E-state index in [0.29, 0.717) is 47.2 Å². The quantitative estimate of drug-likeness (QED) is 0.132. The van der Waals surface area contributed by atoms with E-state index in [1.54, 1.807) is 0 Å². The smallest absolute Gasteiger partial charge is 0.235 e. The molecule has 52 heavy (non-hydrogen) atoms. The highest BCUT2D eigenvalue weighted by molar-refractivity contribution is 5.94. The highest BCUT2D eigenvalue weighted by atomic mass is 16.5. The molecule has 0 spiro atoms. The van der Waals surface area contributed by atoms with Crippen molar-refractivity contribution in [3.63, 3.8) is 0 Å². The van der Waals surface area contributed by atoms with Gasteiger partial charge in [-0.25, -0.2) is 9.97 Å². The number of imide groups is 1. The van der Waals surface area contributed by atoms with Gasteiger partial charge in [0.05, 0.1) is 17.8 Å². The van der Waals surface area contributed by atoms with Gasteiger partial charge in [-0.3, -0.25) is 19.8 Å². The number of carbonyl (C=O) groups excluding carboxylic acids is 2. The summed E-state index contributed by atoms with van der Waals surface area (Å²) in [6, 6.07) is 12.9. The Bertz CT molecular complexity index is 1890. The topological polar surface area (TPSA) is 146 Å². The van der Waals surface area contributed by atoms with E-state index in [2.05, 4.69) is 73.8 Å². The lowest BCUT2D eigenvalue weighted by Gasteiger charge is -2.35. The van der Waals surface area contributed by atoms with Crippen LogP contribution in [0, 0.1) is 5.92 Å². The molecule has 4 aromatic rings. The van der Waals surface area contributed by atoms with Crippen molar-refractivity contribution in [2.45, 2.75) is 84.2 Å². The largest absolute Gasteiger partial charge is 0.397 e. The molecule has 3 aliphatic heterocycles. The lowest BCUT2D eigenvalue weighted by Crippen LogP contribution is -2.37. The fraction of sp³-hybridized carbons (Fsp3) is 0.475. The van der Waals surface area contributed by atoms with Crippen molar-refractivity contribution >= 4 is 52.0 Å². The van der Waals surface area contributed by atoms with Crippen LogP contribution in [0.25, 0.3) is 16.7 Å². The number of allylic oxidation sites excluding steroid dienone is 1. The van der Waals surface area contributed by atoms with Crippen LogP contribution in [0.3, 0.4) is 0 Å². The van der Waals surface area contributed by atoms with Crippen molar-refractivity contribution in [2.24, 2.45) is 11.7 Å². The number of amides is 2. The molecule has 0 radical (unpaired) electrons. The maximum atomic E-state index is 12.6. The number of fused-ring (bicyclic) bond motifs is 2. The minimum atomic E-state index is -0.513. The summed E-state index contributed by atoms with van der Waals surface area (Å²) >= 11 is 0. The summed E-state index contributed by atoms with van der Waals surface area (Å²) in [6.07, 6.45) is 12.4. The minimum Gasteiger partial charge on any atom is -0.397 e. The third kappa shape index (κ3) is 7.77. The van der Waals surface area contributed by atoms with Gasteiger partial charge >= 0.3 is 0 Å². The summed E-state index contributed by atoms with van der Waals surface area (Å²) in [5.74, 6) is 1.36. The Morgan fingerprint density at radius 1 is 1.02 bits per heavy atom. The molecule has 1 unspecified atom stereocenters. The van der Waals surface area contributed by atoms with Crippen LogP contribution < -0.4 is 26.2 Å². The lowest BCUT2D eigenvalue weighted by molar-refractivity contribution is -0.126. The molecular formula is C40H51N9O3. The van der Waals surface area contributed by atoms with E-state index in [1.807, 2.05) is 19.2 Å². The van der Waals surface area contributed by atoms with Gasteiger partial charge in [-0.15, -0.1) is 0 Å². The van der Waals surface area contributed by atoms with E-state index in [4.69, 9.17) is 20.2 Å². The Balaban J connectivity index is 0.953. The molecule has 5 heterocycles. The molecular weight excluding hydrogens is 655 g/mol. The number of nitrogens with one attached hydrogen (secondary N) is 2. The summed E-state index contributed by atoms with van der Waals surface area (Å²) in [5.41, 5.74) is 13.8. The Morgan fingerprint density at radius 2 is 1.77 bits per heavy atom. The molecule has 2 fully saturated rings. The molecule has 7 rings (SSSR count). The average molecular weight is 706 g/mol. The predicted molar refractivity (Wildman–Crippen MR) is 205 cm³/mol. The fourth-order valence-electron chi connectivity index (χ4n) is 8.04. The van der Waals surface area contributed by atoms with E-state index in [1.165, 1.54) is 36.1 Å². The molecule has 2 amide bonds. The van der Waals surface area contributed by atoms with Crippen LogP contribution in [0.2, 0.25) is 0 Å². The van der Waals surface area contributed by atoms with E-state index >= 15 is 0 Å². The van der Waals surface area contributed by atoms with E-state index in [0.717, 1.165) is 88.4 Å². The Hall–Kier alpha value is -4.97. The molecule has 2 aromatic carbocycles. The number of piperidine rings is 2. The predicted octanol–water partition coefficient (Wildman–Crippen LogP) is 6.45. The first-order valence-electron chi connectivity index (χ1n) is 19.0. The standard InChI is InChI=1S/C40H51N9O3/c1-3-8-32(40(51)43-26-50)37-33-20-28-24-47(25-29(28)21-35(33)52-46-37)23-27-14-18-48(19-15-27)31-12-10-30(11-13-31)44-39-38(34(41)9-4-2)42-22-36(45-39)49-16-6-5-7-17-49/h9-13,20-22,26-27,32H,3-8,14-19,23-25,41H2,1-2H3,(H,44,45)(H,43,50,51)/b34-9-. The monoisotopic (exact) mass is 705 g/mol. The van der Waals surface area contributed by atoms with Crippen molar-refractivity contribution in [2.75, 3.05) is 47.8 Å². The van der Waals surface area contributed by atoms with Crippen molar-refractivity contribution in [1.29, 1.82) is 0 Å². The number of anilines is 4. The van der Waals surface area contributed by atoms with Crippen molar-refractivity contribution in [1.82, 2.24) is 25.3 Å². The second kappa shape index (κ2) is 16.1. The minimum absolute atomic E-state index is 0.337. The van der Waals surface area contributed by atoms with E-state index < -0.39 is 5.92 Å². The molecule has 2 aromatic heterocycles. The van der Waals surface area contributed by atoms with Gasteiger partial charge in [0, 0.05) is 62.6 Å². The van der Waals surface area contributed by atoms with Gasteiger partial charge in [-0.05, 0) is 98.4 Å². The van der Waals surface area contributed by atoms with Crippen LogP contribution in [-0.4, -0.2) is 65.1 Å². The van der Waals surface area contributed by atoms with Crippen LogP contribution in [0.15, 0.2) is 53.2 Å². The third-order valence-electron chi connectivity index (χ3n) is 10.8. The first kappa shape index (κ1) is 35.4. The van der Waals surface area contributed by atoms with E-state index in [9.17, 15) is 9.59 Å². The zero-order valence-corrected chi connectivity index (χ0v) is 30.4. The maximum absolute atomic E-state index is 12.6. The fourth-order valence-corrected chi connectivity index (χ4v) is 8.04. The van der Waals surface area contributed by atoms with Crippen LogP contribution in [0.5, 0.6) is 0 Å². The maximum Gasteiger partial charge on any atom is 0.235 e. The van der Waals surface area contributed by atoms with Crippen molar-refractivity contribution < 1.29 is 14.1 Å². The summed E-state index contributed by atoms with van der Waals surface area (Å²) in [6.45, 7) is 10.9. The third-order valence-corrected chi connectivity index (χ3v) is 10.8. The number of hydrogen-bond acceptors (Lipinski definition) is 11. The number of rotatable bonds is 13. The first-order valence-corrected chi connectivity index (χ1v) is 19.0. The molecule has 0 bridgehead atoms. The van der Waals surface area contributed by atoms with Crippen LogP contribution in [0.4, 0.5) is 23.0 Å². The Kier molecular flexibility index (Phi) is 11.0. The van der Waals surface area contributed by atoms with Crippen LogP contribution in [-0.2, 0) is 22.7 Å². The van der Waals surface area contributed by atoms with E-state index in [-0.39, 0.29) is 5.91 Å². The van der Waals surface area contributed by atoms with Crippen molar-refractivity contribution in [3.05, 3.63) is 71.2 Å². The number of aromatic nitrogens is 3. The lowest BCUT2D eigenvalue weighted by atomic mass is 9.95. The van der Waals surface area contributed by atoms with Gasteiger partial charge in [-0.2, -0.15) is 0 Å².